The molecule has 1 unspecified atom stereocenters. The van der Waals surface area contributed by atoms with Crippen LogP contribution in [-0.4, -0.2) is 21.5 Å². The van der Waals surface area contributed by atoms with Gasteiger partial charge in [0, 0.05) is 23.7 Å². The second-order valence-corrected chi connectivity index (χ2v) is 4.64. The third-order valence-electron chi connectivity index (χ3n) is 3.22. The zero-order chi connectivity index (χ0) is 12.4. The third-order valence-corrected chi connectivity index (χ3v) is 3.22. The summed E-state index contributed by atoms with van der Waals surface area (Å²) >= 11 is 0. The van der Waals surface area contributed by atoms with Crippen LogP contribution in [0.3, 0.4) is 0 Å². The molecule has 3 rings (SSSR count). The van der Waals surface area contributed by atoms with Crippen molar-refractivity contribution in [1.82, 2.24) is 20.3 Å². The number of hydrogen-bond donors (Lipinski definition) is 1. The highest BCUT2D eigenvalue weighted by Crippen LogP contribution is 2.23. The lowest BCUT2D eigenvalue weighted by Gasteiger charge is -2.11. The molecule has 4 nitrogen and oxygen atoms in total. The number of aryl methyl sites for hydroxylation is 1. The largest absolute Gasteiger partial charge is 0.307 e. The molecule has 1 aliphatic rings. The first-order valence-electron chi connectivity index (χ1n) is 6.32. The van der Waals surface area contributed by atoms with Crippen molar-refractivity contribution < 1.29 is 0 Å². The summed E-state index contributed by atoms with van der Waals surface area (Å²) in [4.78, 5) is 13.3. The summed E-state index contributed by atoms with van der Waals surface area (Å²) in [6.07, 6.45) is 5.91. The van der Waals surface area contributed by atoms with Crippen molar-refractivity contribution in [2.24, 2.45) is 0 Å². The van der Waals surface area contributed by atoms with Crippen molar-refractivity contribution in [3.05, 3.63) is 42.1 Å². The lowest BCUT2D eigenvalue weighted by molar-refractivity contribution is 0.603. The molecule has 1 fully saturated rings. The van der Waals surface area contributed by atoms with E-state index in [0.717, 1.165) is 35.7 Å². The molecule has 1 atom stereocenters. The summed E-state index contributed by atoms with van der Waals surface area (Å²) in [7, 11) is 0. The molecule has 92 valence electrons. The monoisotopic (exact) mass is 240 g/mol. The highest BCUT2D eigenvalue weighted by Gasteiger charge is 2.19. The Morgan fingerprint density at radius 3 is 2.78 bits per heavy atom. The summed E-state index contributed by atoms with van der Waals surface area (Å²) in [5, 5.41) is 3.44. The summed E-state index contributed by atoms with van der Waals surface area (Å²) in [6, 6.07) is 6.29. The fraction of sp³-hybridized carbons (Fsp3) is 0.357. The Bertz CT molecular complexity index is 533. The van der Waals surface area contributed by atoms with Crippen LogP contribution in [0.2, 0.25) is 0 Å². The first-order valence-corrected chi connectivity index (χ1v) is 6.32. The van der Waals surface area contributed by atoms with E-state index in [2.05, 4.69) is 20.3 Å². The highest BCUT2D eigenvalue weighted by molar-refractivity contribution is 5.58. The first-order chi connectivity index (χ1) is 8.83. The Balaban J connectivity index is 2.00. The quantitative estimate of drug-likeness (QED) is 0.875. The van der Waals surface area contributed by atoms with E-state index < -0.39 is 0 Å². The normalized spacial score (nSPS) is 19.1. The number of aromatic nitrogens is 3. The maximum Gasteiger partial charge on any atom is 0.146 e. The van der Waals surface area contributed by atoms with Crippen LogP contribution >= 0.6 is 0 Å². The molecule has 18 heavy (non-hydrogen) atoms. The molecule has 4 heteroatoms. The molecular formula is C14H16N4. The summed E-state index contributed by atoms with van der Waals surface area (Å²) < 4.78 is 0. The number of nitrogens with one attached hydrogen (secondary N) is 1. The van der Waals surface area contributed by atoms with Crippen LogP contribution in [0, 0.1) is 6.92 Å². The minimum absolute atomic E-state index is 0.311. The lowest BCUT2D eigenvalue weighted by Crippen LogP contribution is -2.16. The van der Waals surface area contributed by atoms with Gasteiger partial charge in [0.15, 0.2) is 0 Å². The number of nitrogens with zero attached hydrogens (tertiary/aromatic N) is 3. The van der Waals surface area contributed by atoms with Crippen molar-refractivity contribution in [2.45, 2.75) is 25.8 Å². The average molecular weight is 240 g/mol. The topological polar surface area (TPSA) is 50.7 Å². The number of hydrogen-bond acceptors (Lipinski definition) is 4. The Labute approximate surface area is 107 Å². The van der Waals surface area contributed by atoms with E-state index >= 15 is 0 Å². The maximum atomic E-state index is 4.68. The average Bonchev–Trinajstić information content (AvgIpc) is 2.93. The Hall–Kier alpha value is -1.81. The van der Waals surface area contributed by atoms with E-state index in [0.29, 0.717) is 6.04 Å². The summed E-state index contributed by atoms with van der Waals surface area (Å²) in [5.74, 6) is 0.916. The molecule has 3 heterocycles. The van der Waals surface area contributed by atoms with Crippen molar-refractivity contribution in [3.63, 3.8) is 0 Å². The number of rotatable bonds is 2. The van der Waals surface area contributed by atoms with Crippen molar-refractivity contribution in [3.8, 4) is 11.3 Å². The number of pyridine rings is 1. The van der Waals surface area contributed by atoms with Gasteiger partial charge in [0.2, 0.25) is 0 Å². The second-order valence-electron chi connectivity index (χ2n) is 4.64. The lowest BCUT2D eigenvalue weighted by atomic mass is 10.1. The van der Waals surface area contributed by atoms with Crippen molar-refractivity contribution >= 4 is 0 Å². The van der Waals surface area contributed by atoms with Crippen LogP contribution in [-0.2, 0) is 0 Å². The van der Waals surface area contributed by atoms with Crippen LogP contribution in [0.15, 0.2) is 30.6 Å². The highest BCUT2D eigenvalue weighted by atomic mass is 15.0. The van der Waals surface area contributed by atoms with Gasteiger partial charge in [-0.05, 0) is 44.5 Å². The van der Waals surface area contributed by atoms with Gasteiger partial charge in [0.05, 0.1) is 11.7 Å². The van der Waals surface area contributed by atoms with E-state index in [1.54, 1.807) is 12.4 Å². The van der Waals surface area contributed by atoms with Crippen molar-refractivity contribution in [2.75, 3.05) is 6.54 Å². The molecule has 0 saturated carbocycles. The minimum atomic E-state index is 0.311. The Morgan fingerprint density at radius 1 is 1.22 bits per heavy atom. The van der Waals surface area contributed by atoms with Gasteiger partial charge in [0.25, 0.3) is 0 Å². The standard InChI is InChI=1S/C14H16N4/c1-10-9-13(11-4-7-15-8-5-11)18-14(17-10)12-3-2-6-16-12/h4-5,7-9,12,16H,2-3,6H2,1H3. The van der Waals surface area contributed by atoms with Gasteiger partial charge < -0.3 is 5.32 Å². The van der Waals surface area contributed by atoms with Gasteiger partial charge in [-0.2, -0.15) is 0 Å². The van der Waals surface area contributed by atoms with Gasteiger partial charge in [-0.25, -0.2) is 9.97 Å². The van der Waals surface area contributed by atoms with E-state index in [4.69, 9.17) is 0 Å². The molecule has 2 aromatic heterocycles. The maximum absolute atomic E-state index is 4.68. The van der Waals surface area contributed by atoms with E-state index in [9.17, 15) is 0 Å². The van der Waals surface area contributed by atoms with Crippen LogP contribution in [0.5, 0.6) is 0 Å². The van der Waals surface area contributed by atoms with Crippen LogP contribution in [0.25, 0.3) is 11.3 Å². The fourth-order valence-electron chi connectivity index (χ4n) is 2.32. The van der Waals surface area contributed by atoms with Crippen LogP contribution < -0.4 is 5.32 Å². The Kier molecular flexibility index (Phi) is 3.02. The van der Waals surface area contributed by atoms with Gasteiger partial charge in [-0.1, -0.05) is 0 Å². The molecule has 0 aliphatic carbocycles. The zero-order valence-corrected chi connectivity index (χ0v) is 10.4. The molecule has 1 saturated heterocycles. The molecule has 0 bridgehead atoms. The molecule has 2 aromatic rings. The molecule has 1 aliphatic heterocycles. The van der Waals surface area contributed by atoms with Crippen LogP contribution in [0.4, 0.5) is 0 Å². The van der Waals surface area contributed by atoms with Crippen LogP contribution in [0.1, 0.15) is 30.4 Å². The third kappa shape index (κ3) is 2.24. The van der Waals surface area contributed by atoms with Crippen molar-refractivity contribution in [1.29, 1.82) is 0 Å². The van der Waals surface area contributed by atoms with Gasteiger partial charge >= 0.3 is 0 Å². The van der Waals surface area contributed by atoms with E-state index in [-0.39, 0.29) is 0 Å². The molecule has 0 aromatic carbocycles. The minimum Gasteiger partial charge on any atom is -0.307 e. The predicted molar refractivity (Wildman–Crippen MR) is 70.0 cm³/mol. The van der Waals surface area contributed by atoms with E-state index in [1.165, 1.54) is 6.42 Å². The zero-order valence-electron chi connectivity index (χ0n) is 10.4. The SMILES string of the molecule is Cc1cc(-c2ccncc2)nc(C2CCCN2)n1. The summed E-state index contributed by atoms with van der Waals surface area (Å²) in [5.41, 5.74) is 3.09. The Morgan fingerprint density at radius 2 is 2.06 bits per heavy atom. The fourth-order valence-corrected chi connectivity index (χ4v) is 2.32. The van der Waals surface area contributed by atoms with Gasteiger partial charge in [-0.3, -0.25) is 4.98 Å². The molecule has 0 amide bonds. The van der Waals surface area contributed by atoms with Gasteiger partial charge in [-0.15, -0.1) is 0 Å². The smallest absolute Gasteiger partial charge is 0.146 e. The summed E-state index contributed by atoms with van der Waals surface area (Å²) in [6.45, 7) is 3.08. The molecular weight excluding hydrogens is 224 g/mol. The van der Waals surface area contributed by atoms with E-state index in [1.807, 2.05) is 25.1 Å². The second kappa shape index (κ2) is 4.82. The molecule has 0 spiro atoms. The first kappa shape index (κ1) is 11.3. The van der Waals surface area contributed by atoms with Gasteiger partial charge in [0.1, 0.15) is 5.82 Å². The predicted octanol–water partition coefficient (Wildman–Crippen LogP) is 2.27. The molecule has 0 radical (unpaired) electrons. The molecule has 1 N–H and O–H groups in total.